The Hall–Kier alpha value is -2.09. The van der Waals surface area contributed by atoms with Gasteiger partial charge in [0.15, 0.2) is 0 Å². The van der Waals surface area contributed by atoms with Gasteiger partial charge in [0, 0.05) is 19.1 Å². The van der Waals surface area contributed by atoms with Gasteiger partial charge < -0.3 is 15.4 Å². The Labute approximate surface area is 168 Å². The number of alkyl halides is 3. The summed E-state index contributed by atoms with van der Waals surface area (Å²) in [5, 5.41) is 0. The van der Waals surface area contributed by atoms with Crippen LogP contribution in [0, 0.1) is 11.3 Å². The summed E-state index contributed by atoms with van der Waals surface area (Å²) in [5.74, 6) is -1.49. The number of methoxy groups -OCH3 is 1. The third-order valence-corrected chi connectivity index (χ3v) is 6.50. The zero-order chi connectivity index (χ0) is 21.6. The molecule has 1 fully saturated rings. The first-order valence-electron chi connectivity index (χ1n) is 9.82. The molecule has 0 aromatic heterocycles. The van der Waals surface area contributed by atoms with Gasteiger partial charge in [-0.05, 0) is 48.4 Å². The average molecular weight is 412 g/mol. The number of amides is 1. The minimum absolute atomic E-state index is 0.0306. The quantitative estimate of drug-likeness (QED) is 0.772. The largest absolute Gasteiger partial charge is 0.468 e. The van der Waals surface area contributed by atoms with Crippen molar-refractivity contribution in [2.75, 3.05) is 13.7 Å². The van der Waals surface area contributed by atoms with Crippen LogP contribution in [-0.2, 0) is 27.0 Å². The predicted octanol–water partition coefficient (Wildman–Crippen LogP) is 3.46. The van der Waals surface area contributed by atoms with Crippen LogP contribution in [0.5, 0.6) is 0 Å². The van der Waals surface area contributed by atoms with Gasteiger partial charge in [-0.1, -0.05) is 19.9 Å². The number of hydrogen-bond acceptors (Lipinski definition) is 4. The molecule has 0 spiro atoms. The standard InChI is InChI=1S/C21H27F3N2O3/c1-12(2)20(7-6-15(25)9-20)19(28)26-10-13-8-14(21(22,23)24)4-5-16(13)17(11-26)18(27)29-3/h4-5,8,12,15,17H,6-7,9-11,25H2,1-3H3. The molecular formula is C21H27F3N2O3. The fourth-order valence-corrected chi connectivity index (χ4v) is 4.74. The molecule has 2 N–H and O–H groups in total. The molecule has 0 radical (unpaired) electrons. The Morgan fingerprint density at radius 2 is 2.00 bits per heavy atom. The number of carbonyl (C=O) groups excluding carboxylic acids is 2. The molecule has 0 saturated heterocycles. The normalized spacial score (nSPS) is 27.1. The molecular weight excluding hydrogens is 385 g/mol. The highest BCUT2D eigenvalue weighted by Crippen LogP contribution is 2.46. The third-order valence-electron chi connectivity index (χ3n) is 6.50. The van der Waals surface area contributed by atoms with E-state index in [4.69, 9.17) is 10.5 Å². The fraction of sp³-hybridized carbons (Fsp3) is 0.619. The van der Waals surface area contributed by atoms with Crippen LogP contribution < -0.4 is 5.73 Å². The number of esters is 1. The molecule has 3 atom stereocenters. The van der Waals surface area contributed by atoms with E-state index >= 15 is 0 Å². The third kappa shape index (κ3) is 3.86. The SMILES string of the molecule is COC(=O)C1CN(C(=O)C2(C(C)C)CCC(N)C2)Cc2cc(C(F)(F)F)ccc21. The van der Waals surface area contributed by atoms with Crippen LogP contribution in [0.4, 0.5) is 13.2 Å². The molecule has 8 heteroatoms. The highest BCUT2D eigenvalue weighted by Gasteiger charge is 2.50. The van der Waals surface area contributed by atoms with Crippen molar-refractivity contribution in [1.82, 2.24) is 4.90 Å². The van der Waals surface area contributed by atoms with Gasteiger partial charge in [0.2, 0.25) is 5.91 Å². The number of ether oxygens (including phenoxy) is 1. The molecule has 0 bridgehead atoms. The molecule has 1 aromatic rings. The van der Waals surface area contributed by atoms with Crippen LogP contribution in [0.25, 0.3) is 0 Å². The maximum atomic E-state index is 13.6. The van der Waals surface area contributed by atoms with Gasteiger partial charge in [0.25, 0.3) is 0 Å². The first-order valence-corrected chi connectivity index (χ1v) is 9.82. The molecule has 29 heavy (non-hydrogen) atoms. The van der Waals surface area contributed by atoms with Gasteiger partial charge in [0.05, 0.1) is 24.0 Å². The van der Waals surface area contributed by atoms with Crippen molar-refractivity contribution < 1.29 is 27.5 Å². The van der Waals surface area contributed by atoms with Crippen molar-refractivity contribution in [2.45, 2.75) is 57.8 Å². The molecule has 1 amide bonds. The van der Waals surface area contributed by atoms with Crippen LogP contribution in [0.15, 0.2) is 18.2 Å². The van der Waals surface area contributed by atoms with Gasteiger partial charge in [-0.3, -0.25) is 9.59 Å². The van der Waals surface area contributed by atoms with Crippen LogP contribution in [0.1, 0.15) is 55.7 Å². The number of fused-ring (bicyclic) bond motifs is 1. The van der Waals surface area contributed by atoms with E-state index < -0.39 is 29.0 Å². The molecule has 5 nitrogen and oxygen atoms in total. The summed E-state index contributed by atoms with van der Waals surface area (Å²) in [6.45, 7) is 4.06. The Kier molecular flexibility index (Phi) is 5.69. The molecule has 1 aromatic carbocycles. The molecule has 160 valence electrons. The Morgan fingerprint density at radius 3 is 2.52 bits per heavy atom. The van der Waals surface area contributed by atoms with Gasteiger partial charge in [0.1, 0.15) is 0 Å². The summed E-state index contributed by atoms with van der Waals surface area (Å²) < 4.78 is 44.5. The Balaban J connectivity index is 2.00. The first-order chi connectivity index (χ1) is 13.5. The maximum Gasteiger partial charge on any atom is 0.416 e. The Morgan fingerprint density at radius 1 is 1.31 bits per heavy atom. The molecule has 2 aliphatic rings. The van der Waals surface area contributed by atoms with E-state index in [0.717, 1.165) is 18.6 Å². The lowest BCUT2D eigenvalue weighted by atomic mass is 9.73. The summed E-state index contributed by atoms with van der Waals surface area (Å²) in [6.07, 6.45) is -2.59. The summed E-state index contributed by atoms with van der Waals surface area (Å²) >= 11 is 0. The summed E-state index contributed by atoms with van der Waals surface area (Å²) in [5.41, 5.74) is 5.45. The molecule has 1 aliphatic carbocycles. The number of nitrogens with zero attached hydrogens (tertiary/aromatic N) is 1. The van der Waals surface area contributed by atoms with E-state index in [1.807, 2.05) is 13.8 Å². The van der Waals surface area contributed by atoms with Crippen molar-refractivity contribution in [3.8, 4) is 0 Å². The number of rotatable bonds is 3. The van der Waals surface area contributed by atoms with Crippen molar-refractivity contribution in [3.63, 3.8) is 0 Å². The van der Waals surface area contributed by atoms with Gasteiger partial charge in [-0.15, -0.1) is 0 Å². The number of benzene rings is 1. The number of nitrogens with two attached hydrogens (primary N) is 1. The molecule has 3 unspecified atom stereocenters. The number of hydrogen-bond donors (Lipinski definition) is 1. The topological polar surface area (TPSA) is 72.6 Å². The van der Waals surface area contributed by atoms with Gasteiger partial charge in [-0.25, -0.2) is 0 Å². The highest BCUT2D eigenvalue weighted by atomic mass is 19.4. The maximum absolute atomic E-state index is 13.6. The van der Waals surface area contributed by atoms with Crippen LogP contribution >= 0.6 is 0 Å². The van der Waals surface area contributed by atoms with E-state index in [0.29, 0.717) is 24.0 Å². The Bertz CT molecular complexity index is 809. The zero-order valence-electron chi connectivity index (χ0n) is 16.9. The van der Waals surface area contributed by atoms with Gasteiger partial charge in [-0.2, -0.15) is 13.2 Å². The van der Waals surface area contributed by atoms with E-state index in [2.05, 4.69) is 0 Å². The second-order valence-corrected chi connectivity index (χ2v) is 8.49. The number of carbonyl (C=O) groups is 2. The number of halogens is 3. The average Bonchev–Trinajstić information content (AvgIpc) is 3.07. The molecule has 1 aliphatic heterocycles. The van der Waals surface area contributed by atoms with Gasteiger partial charge >= 0.3 is 12.1 Å². The van der Waals surface area contributed by atoms with Crippen molar-refractivity contribution >= 4 is 11.9 Å². The van der Waals surface area contributed by atoms with E-state index in [9.17, 15) is 22.8 Å². The lowest BCUT2D eigenvalue weighted by Crippen LogP contribution is -2.49. The minimum atomic E-state index is -4.50. The van der Waals surface area contributed by atoms with Crippen molar-refractivity contribution in [1.29, 1.82) is 0 Å². The van der Waals surface area contributed by atoms with E-state index in [1.54, 1.807) is 0 Å². The smallest absolute Gasteiger partial charge is 0.416 e. The predicted molar refractivity (Wildman–Crippen MR) is 101 cm³/mol. The lowest BCUT2D eigenvalue weighted by Gasteiger charge is -2.41. The summed E-state index contributed by atoms with van der Waals surface area (Å²) in [4.78, 5) is 27.4. The van der Waals surface area contributed by atoms with E-state index in [-0.39, 0.29) is 31.0 Å². The highest BCUT2D eigenvalue weighted by molar-refractivity contribution is 5.86. The van der Waals surface area contributed by atoms with Crippen LogP contribution in [0.2, 0.25) is 0 Å². The van der Waals surface area contributed by atoms with E-state index in [1.165, 1.54) is 18.1 Å². The summed E-state index contributed by atoms with van der Waals surface area (Å²) in [6, 6.07) is 3.25. The van der Waals surface area contributed by atoms with Crippen LogP contribution in [0.3, 0.4) is 0 Å². The second kappa shape index (κ2) is 7.63. The minimum Gasteiger partial charge on any atom is -0.468 e. The monoisotopic (exact) mass is 412 g/mol. The van der Waals surface area contributed by atoms with Crippen molar-refractivity contribution in [3.05, 3.63) is 34.9 Å². The second-order valence-electron chi connectivity index (χ2n) is 8.49. The van der Waals surface area contributed by atoms with Crippen LogP contribution in [-0.4, -0.2) is 36.5 Å². The molecule has 1 saturated carbocycles. The summed E-state index contributed by atoms with van der Waals surface area (Å²) in [7, 11) is 1.23. The lowest BCUT2D eigenvalue weighted by molar-refractivity contribution is -0.149. The van der Waals surface area contributed by atoms with Crippen molar-refractivity contribution in [2.24, 2.45) is 17.1 Å². The molecule has 3 rings (SSSR count). The fourth-order valence-electron chi connectivity index (χ4n) is 4.74. The first kappa shape index (κ1) is 21.6. The zero-order valence-corrected chi connectivity index (χ0v) is 16.9. The molecule has 1 heterocycles.